The molecule has 5 nitrogen and oxygen atoms in total. The summed E-state index contributed by atoms with van der Waals surface area (Å²) < 4.78 is 6.88. The van der Waals surface area contributed by atoms with Crippen LogP contribution in [0.3, 0.4) is 0 Å². The fraction of sp³-hybridized carbons (Fsp3) is 0.105. The van der Waals surface area contributed by atoms with Gasteiger partial charge in [0.05, 0.1) is 12.8 Å². The normalized spacial score (nSPS) is 10.3. The van der Waals surface area contributed by atoms with Crippen LogP contribution in [0.1, 0.15) is 21.7 Å². The van der Waals surface area contributed by atoms with E-state index in [0.29, 0.717) is 23.4 Å². The van der Waals surface area contributed by atoms with Crippen molar-refractivity contribution in [3.63, 3.8) is 0 Å². The van der Waals surface area contributed by atoms with Crippen LogP contribution in [0.5, 0.6) is 0 Å². The summed E-state index contributed by atoms with van der Waals surface area (Å²) in [6.07, 6.45) is 5.02. The molecule has 24 heavy (non-hydrogen) atoms. The van der Waals surface area contributed by atoms with Gasteiger partial charge in [0.1, 0.15) is 5.76 Å². The van der Waals surface area contributed by atoms with Gasteiger partial charge in [0.15, 0.2) is 18.2 Å². The van der Waals surface area contributed by atoms with Crippen molar-refractivity contribution >= 4 is 11.7 Å². The van der Waals surface area contributed by atoms with Crippen LogP contribution in [-0.2, 0) is 17.9 Å². The smallest absolute Gasteiger partial charge is 0.286 e. The van der Waals surface area contributed by atoms with Crippen LogP contribution in [0.25, 0.3) is 0 Å². The monoisotopic (exact) mass is 321 g/mol. The van der Waals surface area contributed by atoms with Crippen molar-refractivity contribution in [3.05, 3.63) is 90.1 Å². The lowest BCUT2D eigenvalue weighted by atomic mass is 10.0. The van der Waals surface area contributed by atoms with E-state index < -0.39 is 0 Å². The zero-order valence-corrected chi connectivity index (χ0v) is 13.0. The number of amides is 1. The number of nitrogens with zero attached hydrogens (tertiary/aromatic N) is 1. The summed E-state index contributed by atoms with van der Waals surface area (Å²) in [6.45, 7) is 0.539. The molecule has 0 aliphatic rings. The Morgan fingerprint density at radius 1 is 0.917 bits per heavy atom. The molecule has 0 fully saturated rings. The van der Waals surface area contributed by atoms with Gasteiger partial charge in [-0.05, 0) is 12.1 Å². The molecule has 2 heterocycles. The Balaban J connectivity index is 1.58. The van der Waals surface area contributed by atoms with E-state index in [4.69, 9.17) is 4.42 Å². The van der Waals surface area contributed by atoms with Gasteiger partial charge in [-0.2, -0.15) is 4.57 Å². The van der Waals surface area contributed by atoms with Gasteiger partial charge in [-0.25, -0.2) is 0 Å². The average molecular weight is 321 g/mol. The topological polar surface area (TPSA) is 63.2 Å². The third kappa shape index (κ3) is 3.95. The minimum atomic E-state index is -0.126. The van der Waals surface area contributed by atoms with E-state index in [2.05, 4.69) is 5.32 Å². The number of nitrogens with one attached hydrogen (secondary N) is 1. The second-order valence-corrected chi connectivity index (χ2v) is 5.31. The van der Waals surface area contributed by atoms with Crippen LogP contribution in [0.15, 0.2) is 77.7 Å². The van der Waals surface area contributed by atoms with E-state index in [1.807, 2.05) is 18.2 Å². The molecular formula is C19H17N2O3+. The van der Waals surface area contributed by atoms with Crippen molar-refractivity contribution in [2.45, 2.75) is 13.1 Å². The summed E-state index contributed by atoms with van der Waals surface area (Å²) in [5.74, 6) is 0.542. The van der Waals surface area contributed by atoms with Gasteiger partial charge in [0, 0.05) is 23.3 Å². The Hall–Kier alpha value is -3.21. The van der Waals surface area contributed by atoms with Crippen molar-refractivity contribution in [2.24, 2.45) is 0 Å². The van der Waals surface area contributed by atoms with E-state index >= 15 is 0 Å². The highest BCUT2D eigenvalue weighted by atomic mass is 16.3. The predicted octanol–water partition coefficient (Wildman–Crippen LogP) is 2.11. The molecule has 0 spiro atoms. The van der Waals surface area contributed by atoms with E-state index in [1.165, 1.54) is 0 Å². The number of carbonyl (C=O) groups excluding carboxylic acids is 2. The van der Waals surface area contributed by atoms with Crippen molar-refractivity contribution < 1.29 is 18.6 Å². The lowest BCUT2D eigenvalue weighted by Crippen LogP contribution is -2.42. The molecule has 120 valence electrons. The lowest BCUT2D eigenvalue weighted by Gasteiger charge is -2.02. The number of aromatic nitrogens is 1. The van der Waals surface area contributed by atoms with Crippen molar-refractivity contribution in [2.75, 3.05) is 0 Å². The molecule has 0 saturated carbocycles. The third-order valence-corrected chi connectivity index (χ3v) is 3.56. The molecule has 0 bridgehead atoms. The van der Waals surface area contributed by atoms with Gasteiger partial charge in [0.25, 0.3) is 5.91 Å². The van der Waals surface area contributed by atoms with E-state index in [0.717, 1.165) is 0 Å². The average Bonchev–Trinajstić information content (AvgIpc) is 3.14. The van der Waals surface area contributed by atoms with E-state index in [9.17, 15) is 9.59 Å². The Morgan fingerprint density at radius 3 is 2.29 bits per heavy atom. The van der Waals surface area contributed by atoms with Gasteiger partial charge in [-0.3, -0.25) is 9.59 Å². The SMILES string of the molecule is O=C(C[n+]1ccc(C(=O)c2ccccc2)cc1)NCc1ccco1. The molecule has 0 atom stereocenters. The molecule has 0 saturated heterocycles. The van der Waals surface area contributed by atoms with E-state index in [-0.39, 0.29) is 18.2 Å². The maximum Gasteiger partial charge on any atom is 0.286 e. The highest BCUT2D eigenvalue weighted by Crippen LogP contribution is 2.07. The molecule has 3 aromatic rings. The number of carbonyl (C=O) groups is 2. The highest BCUT2D eigenvalue weighted by molar-refractivity contribution is 6.08. The third-order valence-electron chi connectivity index (χ3n) is 3.56. The molecule has 1 N–H and O–H groups in total. The van der Waals surface area contributed by atoms with Gasteiger partial charge in [-0.15, -0.1) is 0 Å². The van der Waals surface area contributed by atoms with Gasteiger partial charge in [0.2, 0.25) is 6.54 Å². The van der Waals surface area contributed by atoms with Crippen LogP contribution >= 0.6 is 0 Å². The fourth-order valence-electron chi connectivity index (χ4n) is 2.29. The molecule has 0 unspecified atom stereocenters. The van der Waals surface area contributed by atoms with Crippen LogP contribution in [-0.4, -0.2) is 11.7 Å². The molecule has 2 aromatic heterocycles. The number of rotatable bonds is 6. The summed E-state index contributed by atoms with van der Waals surface area (Å²) in [7, 11) is 0. The minimum Gasteiger partial charge on any atom is -0.467 e. The first-order valence-corrected chi connectivity index (χ1v) is 7.60. The zero-order chi connectivity index (χ0) is 16.8. The number of furan rings is 1. The molecule has 0 radical (unpaired) electrons. The minimum absolute atomic E-state index is 0.0370. The molecule has 0 aliphatic carbocycles. The zero-order valence-electron chi connectivity index (χ0n) is 13.0. The second-order valence-electron chi connectivity index (χ2n) is 5.31. The molecule has 5 heteroatoms. The van der Waals surface area contributed by atoms with Gasteiger partial charge >= 0.3 is 0 Å². The summed E-state index contributed by atoms with van der Waals surface area (Å²) >= 11 is 0. The van der Waals surface area contributed by atoms with Crippen LogP contribution in [0.4, 0.5) is 0 Å². The largest absolute Gasteiger partial charge is 0.467 e. The molecular weight excluding hydrogens is 304 g/mol. The number of hydrogen-bond acceptors (Lipinski definition) is 3. The standard InChI is InChI=1S/C19H16N2O3/c22-18(20-13-17-7-4-12-24-17)14-21-10-8-16(9-11-21)19(23)15-5-2-1-3-6-15/h1-12H,13-14H2/p+1. The predicted molar refractivity (Wildman–Crippen MR) is 87.1 cm³/mol. The summed E-state index contributed by atoms with van der Waals surface area (Å²) in [4.78, 5) is 24.2. The first-order valence-electron chi connectivity index (χ1n) is 7.60. The second kappa shape index (κ2) is 7.37. The number of hydrogen-bond donors (Lipinski definition) is 1. The van der Waals surface area contributed by atoms with Crippen LogP contribution in [0.2, 0.25) is 0 Å². The maximum absolute atomic E-state index is 12.3. The highest BCUT2D eigenvalue weighted by Gasteiger charge is 2.13. The summed E-state index contributed by atoms with van der Waals surface area (Å²) in [6, 6.07) is 16.1. The number of pyridine rings is 1. The Kier molecular flexibility index (Phi) is 4.81. The van der Waals surface area contributed by atoms with Crippen LogP contribution < -0.4 is 9.88 Å². The first kappa shape index (κ1) is 15.7. The fourth-order valence-corrected chi connectivity index (χ4v) is 2.29. The Labute approximate surface area is 139 Å². The van der Waals surface area contributed by atoms with Crippen molar-refractivity contribution in [3.8, 4) is 0 Å². The molecule has 0 aliphatic heterocycles. The summed E-state index contributed by atoms with van der Waals surface area (Å²) in [5, 5.41) is 2.78. The maximum atomic E-state index is 12.3. The van der Waals surface area contributed by atoms with Crippen LogP contribution in [0, 0.1) is 0 Å². The molecule has 1 aromatic carbocycles. The number of benzene rings is 1. The quantitative estimate of drug-likeness (QED) is 0.559. The Bertz CT molecular complexity index is 810. The lowest BCUT2D eigenvalue weighted by molar-refractivity contribution is -0.684. The summed E-state index contributed by atoms with van der Waals surface area (Å²) in [5.41, 5.74) is 1.24. The van der Waals surface area contributed by atoms with Gasteiger partial charge < -0.3 is 9.73 Å². The van der Waals surface area contributed by atoms with E-state index in [1.54, 1.807) is 59.6 Å². The van der Waals surface area contributed by atoms with Crippen molar-refractivity contribution in [1.29, 1.82) is 0 Å². The molecule has 1 amide bonds. The Morgan fingerprint density at radius 2 is 1.62 bits per heavy atom. The molecule has 3 rings (SSSR count). The first-order chi connectivity index (χ1) is 11.7. The van der Waals surface area contributed by atoms with Gasteiger partial charge in [-0.1, -0.05) is 30.3 Å². The number of ketones is 1. The van der Waals surface area contributed by atoms with Crippen molar-refractivity contribution in [1.82, 2.24) is 5.32 Å².